The maximum atomic E-state index is 11.0. The lowest BCUT2D eigenvalue weighted by atomic mass is 9.88. The molecular formula is C18H22N4O2. The van der Waals surface area contributed by atoms with Crippen molar-refractivity contribution in [2.24, 2.45) is 10.7 Å². The third-order valence-corrected chi connectivity index (χ3v) is 4.25. The number of amides is 1. The summed E-state index contributed by atoms with van der Waals surface area (Å²) in [7, 11) is 1.74. The van der Waals surface area contributed by atoms with E-state index in [1.807, 2.05) is 0 Å². The number of aliphatic imine (C=N–C) groups is 1. The number of nitrogens with two attached hydrogens (primary N) is 1. The Morgan fingerprint density at radius 2 is 2.08 bits per heavy atom. The fourth-order valence-corrected chi connectivity index (χ4v) is 2.99. The van der Waals surface area contributed by atoms with Crippen LogP contribution in [0, 0.1) is 0 Å². The highest BCUT2D eigenvalue weighted by molar-refractivity contribution is 5.89. The number of nitrogens with one attached hydrogen (secondary N) is 2. The third kappa shape index (κ3) is 3.76. The van der Waals surface area contributed by atoms with Crippen molar-refractivity contribution in [3.63, 3.8) is 0 Å². The van der Waals surface area contributed by atoms with Gasteiger partial charge in [-0.15, -0.1) is 0 Å². The van der Waals surface area contributed by atoms with Crippen LogP contribution < -0.4 is 16.4 Å². The van der Waals surface area contributed by atoms with Crippen LogP contribution in [-0.2, 0) is 19.4 Å². The van der Waals surface area contributed by atoms with Gasteiger partial charge in [0, 0.05) is 13.1 Å². The van der Waals surface area contributed by atoms with Crippen molar-refractivity contribution in [1.82, 2.24) is 10.6 Å². The number of furan rings is 1. The van der Waals surface area contributed by atoms with Crippen LogP contribution in [0.25, 0.3) is 0 Å². The van der Waals surface area contributed by atoms with E-state index in [4.69, 9.17) is 10.2 Å². The summed E-state index contributed by atoms with van der Waals surface area (Å²) in [5, 5.41) is 6.65. The van der Waals surface area contributed by atoms with Crippen LogP contribution in [0.2, 0.25) is 0 Å². The number of nitrogens with zero attached hydrogens (tertiary/aromatic N) is 1. The van der Waals surface area contributed by atoms with Crippen LogP contribution in [0.1, 0.15) is 33.9 Å². The van der Waals surface area contributed by atoms with Gasteiger partial charge in [0.2, 0.25) is 0 Å². The second kappa shape index (κ2) is 7.21. The molecule has 0 radical (unpaired) electrons. The smallest absolute Gasteiger partial charge is 0.284 e. The highest BCUT2D eigenvalue weighted by Crippen LogP contribution is 2.20. The van der Waals surface area contributed by atoms with Gasteiger partial charge in [-0.2, -0.15) is 0 Å². The number of primary amides is 1. The number of carbonyl (C=O) groups excluding carboxylic acids is 1. The van der Waals surface area contributed by atoms with Crippen molar-refractivity contribution in [2.45, 2.75) is 31.8 Å². The lowest BCUT2D eigenvalue weighted by Gasteiger charge is -2.27. The second-order valence-corrected chi connectivity index (χ2v) is 5.91. The molecule has 1 aliphatic rings. The van der Waals surface area contributed by atoms with Gasteiger partial charge in [0.15, 0.2) is 11.7 Å². The summed E-state index contributed by atoms with van der Waals surface area (Å²) in [6, 6.07) is 12.2. The van der Waals surface area contributed by atoms with Crippen LogP contribution in [0.4, 0.5) is 0 Å². The van der Waals surface area contributed by atoms with E-state index in [9.17, 15) is 4.79 Å². The van der Waals surface area contributed by atoms with Gasteiger partial charge in [0.25, 0.3) is 5.91 Å². The van der Waals surface area contributed by atoms with E-state index in [1.54, 1.807) is 19.2 Å². The quantitative estimate of drug-likeness (QED) is 0.588. The van der Waals surface area contributed by atoms with Crippen molar-refractivity contribution in [3.05, 3.63) is 59.0 Å². The molecule has 0 aliphatic heterocycles. The Kier molecular flexibility index (Phi) is 4.84. The van der Waals surface area contributed by atoms with Crippen molar-refractivity contribution >= 4 is 11.9 Å². The van der Waals surface area contributed by atoms with E-state index < -0.39 is 5.91 Å². The Bertz CT molecular complexity index is 751. The molecular weight excluding hydrogens is 304 g/mol. The molecule has 0 fully saturated rings. The third-order valence-electron chi connectivity index (χ3n) is 4.25. The second-order valence-electron chi connectivity index (χ2n) is 5.91. The number of benzene rings is 1. The summed E-state index contributed by atoms with van der Waals surface area (Å²) in [6.07, 6.45) is 3.14. The van der Waals surface area contributed by atoms with Gasteiger partial charge in [-0.1, -0.05) is 24.3 Å². The molecule has 6 heteroatoms. The largest absolute Gasteiger partial charge is 0.454 e. The van der Waals surface area contributed by atoms with Crippen molar-refractivity contribution in [3.8, 4) is 0 Å². The topological polar surface area (TPSA) is 92.6 Å². The number of rotatable bonds is 4. The molecule has 0 saturated carbocycles. The molecule has 0 spiro atoms. The fourth-order valence-electron chi connectivity index (χ4n) is 2.99. The highest BCUT2D eigenvalue weighted by Gasteiger charge is 2.19. The number of hydrogen-bond donors (Lipinski definition) is 3. The van der Waals surface area contributed by atoms with Crippen molar-refractivity contribution in [1.29, 1.82) is 0 Å². The standard InChI is InChI=1S/C18H22N4O2/c1-20-18(21-11-15-8-9-16(24-15)17(19)23)22-14-7-6-12-4-2-3-5-13(12)10-14/h2-5,8-9,14H,6-7,10-11H2,1H3,(H2,19,23)(H2,20,21,22). The van der Waals surface area contributed by atoms with Gasteiger partial charge in [-0.3, -0.25) is 9.79 Å². The molecule has 1 heterocycles. The normalized spacial score (nSPS) is 17.2. The van der Waals surface area contributed by atoms with E-state index in [0.717, 1.165) is 25.2 Å². The summed E-state index contributed by atoms with van der Waals surface area (Å²) in [6.45, 7) is 0.441. The van der Waals surface area contributed by atoms with Crippen LogP contribution in [0.5, 0.6) is 0 Å². The van der Waals surface area contributed by atoms with Crippen LogP contribution in [0.3, 0.4) is 0 Å². The Labute approximate surface area is 141 Å². The van der Waals surface area contributed by atoms with E-state index >= 15 is 0 Å². The average molecular weight is 326 g/mol. The monoisotopic (exact) mass is 326 g/mol. The predicted octanol–water partition coefficient (Wildman–Crippen LogP) is 1.60. The molecule has 1 atom stereocenters. The zero-order valence-corrected chi connectivity index (χ0v) is 13.7. The van der Waals surface area contributed by atoms with E-state index in [2.05, 4.69) is 39.9 Å². The number of guanidine groups is 1. The minimum atomic E-state index is -0.565. The lowest BCUT2D eigenvalue weighted by Crippen LogP contribution is -2.45. The Balaban J connectivity index is 1.55. The molecule has 4 N–H and O–H groups in total. The molecule has 1 aromatic heterocycles. The van der Waals surface area contributed by atoms with Crippen LogP contribution in [0.15, 0.2) is 45.8 Å². The first-order chi connectivity index (χ1) is 11.7. The summed E-state index contributed by atoms with van der Waals surface area (Å²) < 4.78 is 5.36. The Morgan fingerprint density at radius 1 is 1.29 bits per heavy atom. The molecule has 1 amide bonds. The summed E-state index contributed by atoms with van der Waals surface area (Å²) in [5.41, 5.74) is 8.02. The van der Waals surface area contributed by atoms with E-state index in [1.165, 1.54) is 11.1 Å². The molecule has 3 rings (SSSR count). The number of aryl methyl sites for hydroxylation is 1. The minimum Gasteiger partial charge on any atom is -0.454 e. The first-order valence-corrected chi connectivity index (χ1v) is 8.08. The summed E-state index contributed by atoms with van der Waals surface area (Å²) in [5.74, 6) is 0.959. The average Bonchev–Trinajstić information content (AvgIpc) is 3.08. The van der Waals surface area contributed by atoms with Gasteiger partial charge >= 0.3 is 0 Å². The number of hydrogen-bond acceptors (Lipinski definition) is 3. The van der Waals surface area contributed by atoms with E-state index in [-0.39, 0.29) is 5.76 Å². The van der Waals surface area contributed by atoms with Crippen LogP contribution in [-0.4, -0.2) is 25.0 Å². The molecule has 24 heavy (non-hydrogen) atoms. The number of fused-ring (bicyclic) bond motifs is 1. The van der Waals surface area contributed by atoms with Gasteiger partial charge < -0.3 is 20.8 Å². The maximum absolute atomic E-state index is 11.0. The molecule has 0 bridgehead atoms. The first-order valence-electron chi connectivity index (χ1n) is 8.08. The SMILES string of the molecule is CN=C(NCc1ccc(C(N)=O)o1)NC1CCc2ccccc2C1. The molecule has 0 saturated heterocycles. The summed E-state index contributed by atoms with van der Waals surface area (Å²) >= 11 is 0. The van der Waals surface area contributed by atoms with Crippen molar-refractivity contribution in [2.75, 3.05) is 7.05 Å². The zero-order chi connectivity index (χ0) is 16.9. The summed E-state index contributed by atoms with van der Waals surface area (Å²) in [4.78, 5) is 15.3. The van der Waals surface area contributed by atoms with Gasteiger partial charge in [0.1, 0.15) is 5.76 Å². The van der Waals surface area contributed by atoms with E-state index in [0.29, 0.717) is 18.3 Å². The predicted molar refractivity (Wildman–Crippen MR) is 92.8 cm³/mol. The molecule has 2 aromatic rings. The number of carbonyl (C=O) groups is 1. The first kappa shape index (κ1) is 16.1. The Morgan fingerprint density at radius 3 is 2.79 bits per heavy atom. The molecule has 1 unspecified atom stereocenters. The molecule has 1 aromatic carbocycles. The van der Waals surface area contributed by atoms with Crippen LogP contribution >= 0.6 is 0 Å². The highest BCUT2D eigenvalue weighted by atomic mass is 16.3. The lowest BCUT2D eigenvalue weighted by molar-refractivity contribution is 0.0972. The molecule has 126 valence electrons. The van der Waals surface area contributed by atoms with Crippen molar-refractivity contribution < 1.29 is 9.21 Å². The molecule has 1 aliphatic carbocycles. The van der Waals surface area contributed by atoms with Gasteiger partial charge in [-0.05, 0) is 42.5 Å². The van der Waals surface area contributed by atoms with Gasteiger partial charge in [-0.25, -0.2) is 0 Å². The Hall–Kier alpha value is -2.76. The maximum Gasteiger partial charge on any atom is 0.284 e. The van der Waals surface area contributed by atoms with Gasteiger partial charge in [0.05, 0.1) is 6.54 Å². The molecule has 6 nitrogen and oxygen atoms in total. The minimum absolute atomic E-state index is 0.165. The fraction of sp³-hybridized carbons (Fsp3) is 0.333. The zero-order valence-electron chi connectivity index (χ0n) is 13.7.